The van der Waals surface area contributed by atoms with Gasteiger partial charge < -0.3 is 14.6 Å². The molecular formula is C23H26ClN3O2. The molecule has 3 aromatic rings. The number of nitrogens with zero attached hydrogens (tertiary/aromatic N) is 2. The summed E-state index contributed by atoms with van der Waals surface area (Å²) in [7, 11) is 2.09. The molecule has 5 nitrogen and oxygen atoms in total. The van der Waals surface area contributed by atoms with Crippen LogP contribution in [-0.4, -0.2) is 35.9 Å². The third-order valence-corrected chi connectivity index (χ3v) is 4.83. The van der Waals surface area contributed by atoms with Crippen molar-refractivity contribution in [3.63, 3.8) is 0 Å². The van der Waals surface area contributed by atoms with Gasteiger partial charge in [-0.3, -0.25) is 4.79 Å². The Kier molecular flexibility index (Phi) is 7.85. The van der Waals surface area contributed by atoms with E-state index in [1.54, 1.807) is 6.20 Å². The molecule has 1 N–H and O–H groups in total. The first-order valence-corrected chi connectivity index (χ1v) is 10.2. The zero-order valence-corrected chi connectivity index (χ0v) is 17.4. The quantitative estimate of drug-likeness (QED) is 0.496. The van der Waals surface area contributed by atoms with Crippen LogP contribution in [0, 0.1) is 0 Å². The smallest absolute Gasteiger partial charge is 0.220 e. The summed E-state index contributed by atoms with van der Waals surface area (Å²) in [5, 5.41) is 3.64. The molecule has 29 heavy (non-hydrogen) atoms. The number of oxazole rings is 1. The predicted octanol–water partition coefficient (Wildman–Crippen LogP) is 4.57. The Bertz CT molecular complexity index is 894. The maximum Gasteiger partial charge on any atom is 0.220 e. The van der Waals surface area contributed by atoms with E-state index in [1.807, 2.05) is 30.3 Å². The molecule has 0 aliphatic carbocycles. The highest BCUT2D eigenvalue weighted by atomic mass is 35.5. The number of nitrogens with one attached hydrogen (secondary N) is 1. The third kappa shape index (κ3) is 7.04. The van der Waals surface area contributed by atoms with Crippen molar-refractivity contribution >= 4 is 17.5 Å². The van der Waals surface area contributed by atoms with Gasteiger partial charge in [-0.1, -0.05) is 41.9 Å². The van der Waals surface area contributed by atoms with Gasteiger partial charge in [0.15, 0.2) is 11.7 Å². The van der Waals surface area contributed by atoms with Crippen LogP contribution in [0.25, 0.3) is 11.3 Å². The fraction of sp³-hybridized carbons (Fsp3) is 0.304. The monoisotopic (exact) mass is 411 g/mol. The lowest BCUT2D eigenvalue weighted by Crippen LogP contribution is -2.28. The van der Waals surface area contributed by atoms with E-state index in [0.717, 1.165) is 25.1 Å². The fourth-order valence-electron chi connectivity index (χ4n) is 3.03. The molecule has 0 fully saturated rings. The average Bonchev–Trinajstić information content (AvgIpc) is 3.20. The van der Waals surface area contributed by atoms with Gasteiger partial charge in [0, 0.05) is 36.5 Å². The zero-order chi connectivity index (χ0) is 20.5. The lowest BCUT2D eigenvalue weighted by molar-refractivity contribution is -0.121. The molecule has 0 radical (unpaired) electrons. The molecule has 0 bridgehead atoms. The van der Waals surface area contributed by atoms with Crippen LogP contribution in [0.3, 0.4) is 0 Å². The van der Waals surface area contributed by atoms with Crippen molar-refractivity contribution in [1.29, 1.82) is 0 Å². The van der Waals surface area contributed by atoms with Gasteiger partial charge in [-0.15, -0.1) is 0 Å². The van der Waals surface area contributed by atoms with Crippen molar-refractivity contribution in [2.75, 3.05) is 20.1 Å². The molecule has 6 heteroatoms. The summed E-state index contributed by atoms with van der Waals surface area (Å²) >= 11 is 5.90. The van der Waals surface area contributed by atoms with Gasteiger partial charge in [0.2, 0.25) is 5.91 Å². The summed E-state index contributed by atoms with van der Waals surface area (Å²) in [5.74, 6) is 1.26. The molecule has 0 saturated carbocycles. The van der Waals surface area contributed by atoms with Crippen LogP contribution < -0.4 is 5.32 Å². The van der Waals surface area contributed by atoms with Gasteiger partial charge in [-0.2, -0.15) is 0 Å². The molecule has 0 atom stereocenters. The fourth-order valence-corrected chi connectivity index (χ4v) is 3.16. The number of amides is 1. The number of carbonyl (C=O) groups is 1. The van der Waals surface area contributed by atoms with Crippen LogP contribution >= 0.6 is 11.6 Å². The molecule has 0 saturated heterocycles. The Morgan fingerprint density at radius 3 is 2.66 bits per heavy atom. The lowest BCUT2D eigenvalue weighted by Gasteiger charge is -2.16. The maximum absolute atomic E-state index is 12.1. The highest BCUT2D eigenvalue weighted by Crippen LogP contribution is 2.22. The van der Waals surface area contributed by atoms with E-state index in [1.165, 1.54) is 5.56 Å². The van der Waals surface area contributed by atoms with Gasteiger partial charge in [0.25, 0.3) is 0 Å². The number of aromatic nitrogens is 1. The first-order chi connectivity index (χ1) is 14.1. The van der Waals surface area contributed by atoms with Gasteiger partial charge in [-0.25, -0.2) is 4.98 Å². The van der Waals surface area contributed by atoms with Gasteiger partial charge in [0.1, 0.15) is 0 Å². The molecule has 0 unspecified atom stereocenters. The van der Waals surface area contributed by atoms with E-state index in [-0.39, 0.29) is 5.91 Å². The second-order valence-electron chi connectivity index (χ2n) is 7.05. The minimum absolute atomic E-state index is 0.0157. The van der Waals surface area contributed by atoms with Gasteiger partial charge >= 0.3 is 0 Å². The molecular weight excluding hydrogens is 386 g/mol. The predicted molar refractivity (Wildman–Crippen MR) is 116 cm³/mol. The topological polar surface area (TPSA) is 58.4 Å². The highest BCUT2D eigenvalue weighted by Gasteiger charge is 2.09. The summed E-state index contributed by atoms with van der Waals surface area (Å²) < 4.78 is 5.73. The lowest BCUT2D eigenvalue weighted by atomic mass is 10.2. The van der Waals surface area contributed by atoms with Gasteiger partial charge in [-0.05, 0) is 49.8 Å². The molecule has 1 heterocycles. The normalized spacial score (nSPS) is 11.0. The number of aryl methyl sites for hydroxylation is 1. The van der Waals surface area contributed by atoms with E-state index >= 15 is 0 Å². The first kappa shape index (κ1) is 21.1. The van der Waals surface area contributed by atoms with Crippen molar-refractivity contribution < 1.29 is 9.21 Å². The molecule has 0 aliphatic rings. The van der Waals surface area contributed by atoms with Crippen LogP contribution in [0.1, 0.15) is 24.3 Å². The Morgan fingerprint density at radius 1 is 1.14 bits per heavy atom. The summed E-state index contributed by atoms with van der Waals surface area (Å²) in [6.45, 7) is 2.51. The standard InChI is InChI=1S/C23H26ClN3O2/c1-27(17-18-6-3-2-4-7-18)15-5-14-25-22(28)12-13-23-26-16-21(29-23)19-8-10-20(24)11-9-19/h2-4,6-11,16H,5,12-15,17H2,1H3,(H,25,28). The Balaban J connectivity index is 1.32. The number of carbonyl (C=O) groups excluding carboxylic acids is 1. The molecule has 1 aromatic heterocycles. The van der Waals surface area contributed by atoms with Crippen molar-refractivity contribution in [1.82, 2.24) is 15.2 Å². The van der Waals surface area contributed by atoms with Crippen molar-refractivity contribution in [2.24, 2.45) is 0 Å². The number of hydrogen-bond acceptors (Lipinski definition) is 4. The molecule has 2 aromatic carbocycles. The van der Waals surface area contributed by atoms with E-state index in [4.69, 9.17) is 16.0 Å². The Hall–Kier alpha value is -2.63. The number of halogens is 1. The zero-order valence-electron chi connectivity index (χ0n) is 16.6. The molecule has 152 valence electrons. The highest BCUT2D eigenvalue weighted by molar-refractivity contribution is 6.30. The van der Waals surface area contributed by atoms with E-state index in [0.29, 0.717) is 36.1 Å². The van der Waals surface area contributed by atoms with Crippen molar-refractivity contribution in [3.8, 4) is 11.3 Å². The van der Waals surface area contributed by atoms with Crippen LogP contribution in [-0.2, 0) is 17.8 Å². The van der Waals surface area contributed by atoms with Crippen LogP contribution in [0.4, 0.5) is 0 Å². The molecule has 0 spiro atoms. The number of rotatable bonds is 10. The maximum atomic E-state index is 12.1. The SMILES string of the molecule is CN(CCCNC(=O)CCc1ncc(-c2ccc(Cl)cc2)o1)Cc1ccccc1. The minimum atomic E-state index is 0.0157. The van der Waals surface area contributed by atoms with Crippen LogP contribution in [0.2, 0.25) is 5.02 Å². The van der Waals surface area contributed by atoms with Crippen LogP contribution in [0.15, 0.2) is 65.2 Å². The summed E-state index contributed by atoms with van der Waals surface area (Å²) in [4.78, 5) is 18.6. The molecule has 0 aliphatic heterocycles. The second-order valence-corrected chi connectivity index (χ2v) is 7.49. The minimum Gasteiger partial charge on any atom is -0.441 e. The first-order valence-electron chi connectivity index (χ1n) is 9.80. The van der Waals surface area contributed by atoms with Crippen LogP contribution in [0.5, 0.6) is 0 Å². The number of hydrogen-bond donors (Lipinski definition) is 1. The Labute approximate surface area is 176 Å². The van der Waals surface area contributed by atoms with E-state index < -0.39 is 0 Å². The third-order valence-electron chi connectivity index (χ3n) is 4.58. The summed E-state index contributed by atoms with van der Waals surface area (Å²) in [5.41, 5.74) is 2.21. The van der Waals surface area contributed by atoms with Crippen molar-refractivity contribution in [3.05, 3.63) is 77.3 Å². The Morgan fingerprint density at radius 2 is 1.90 bits per heavy atom. The van der Waals surface area contributed by atoms with Gasteiger partial charge in [0.05, 0.1) is 6.20 Å². The molecule has 3 rings (SSSR count). The van der Waals surface area contributed by atoms with Crippen molar-refractivity contribution in [2.45, 2.75) is 25.8 Å². The molecule has 1 amide bonds. The van der Waals surface area contributed by atoms with E-state index in [9.17, 15) is 4.79 Å². The largest absolute Gasteiger partial charge is 0.441 e. The summed E-state index contributed by atoms with van der Waals surface area (Å²) in [6.07, 6.45) is 3.43. The average molecular weight is 412 g/mol. The van der Waals surface area contributed by atoms with E-state index in [2.05, 4.69) is 46.5 Å². The summed E-state index contributed by atoms with van der Waals surface area (Å²) in [6, 6.07) is 17.8. The second kappa shape index (κ2) is 10.8. The number of benzene rings is 2.